The van der Waals surface area contributed by atoms with Crippen molar-refractivity contribution in [2.75, 3.05) is 17.7 Å². The molecule has 2 heterocycles. The molecule has 1 saturated carbocycles. The molecular weight excluding hydrogens is 448 g/mol. The third-order valence-electron chi connectivity index (χ3n) is 5.43. The molecule has 0 aliphatic heterocycles. The van der Waals surface area contributed by atoms with E-state index in [1.165, 1.54) is 0 Å². The molecule has 4 rings (SSSR count). The highest BCUT2D eigenvalue weighted by Gasteiger charge is 2.22. The van der Waals surface area contributed by atoms with Gasteiger partial charge in [-0.1, -0.05) is 0 Å². The number of methoxy groups -OCH3 is 1. The smallest absolute Gasteiger partial charge is 0.227 e. The number of anilines is 3. The molecule has 1 aliphatic rings. The molecule has 30 heavy (non-hydrogen) atoms. The van der Waals surface area contributed by atoms with Gasteiger partial charge in [0.2, 0.25) is 5.95 Å². The van der Waals surface area contributed by atoms with Crippen LogP contribution in [0.3, 0.4) is 0 Å². The quantitative estimate of drug-likeness (QED) is 0.478. The van der Waals surface area contributed by atoms with Crippen LogP contribution in [0, 0.1) is 0 Å². The van der Waals surface area contributed by atoms with Crippen molar-refractivity contribution in [1.82, 2.24) is 19.5 Å². The number of benzene rings is 1. The van der Waals surface area contributed by atoms with Gasteiger partial charge in [0.15, 0.2) is 17.0 Å². The Morgan fingerprint density at radius 3 is 2.67 bits per heavy atom. The Balaban J connectivity index is 1.72. The zero-order chi connectivity index (χ0) is 21.3. The Hall–Kier alpha value is -2.39. The molecular formula is C21H27BrN6O2. The monoisotopic (exact) mass is 474 g/mol. The molecule has 160 valence electrons. The van der Waals surface area contributed by atoms with Gasteiger partial charge in [0, 0.05) is 22.6 Å². The van der Waals surface area contributed by atoms with Crippen molar-refractivity contribution in [3.05, 3.63) is 29.0 Å². The summed E-state index contributed by atoms with van der Waals surface area (Å²) in [4.78, 5) is 14.1. The predicted molar refractivity (Wildman–Crippen MR) is 122 cm³/mol. The standard InChI is InChI=1S/C21H27BrN6O2/c1-12(2)28-11-23-18-19(25-17-10-15(30-3)8-9-16(17)22)26-21(27-20(18)28)24-13-4-6-14(29)7-5-13/h8-14,29H,4-7H2,1-3H3,(H2,24,25,26,27). The summed E-state index contributed by atoms with van der Waals surface area (Å²) < 4.78 is 8.30. The predicted octanol–water partition coefficient (Wildman–Crippen LogP) is 4.64. The second-order valence-corrected chi connectivity index (χ2v) is 8.79. The lowest BCUT2D eigenvalue weighted by atomic mass is 9.93. The Morgan fingerprint density at radius 1 is 1.20 bits per heavy atom. The van der Waals surface area contributed by atoms with Gasteiger partial charge in [0.05, 0.1) is 25.2 Å². The van der Waals surface area contributed by atoms with Gasteiger partial charge >= 0.3 is 0 Å². The summed E-state index contributed by atoms with van der Waals surface area (Å²) in [5.74, 6) is 1.94. The van der Waals surface area contributed by atoms with Crippen LogP contribution in [0.25, 0.3) is 11.2 Å². The normalized spacial score (nSPS) is 19.3. The van der Waals surface area contributed by atoms with Gasteiger partial charge < -0.3 is 25.0 Å². The lowest BCUT2D eigenvalue weighted by Crippen LogP contribution is -2.29. The Kier molecular flexibility index (Phi) is 6.10. The summed E-state index contributed by atoms with van der Waals surface area (Å²) in [7, 11) is 1.64. The number of fused-ring (bicyclic) bond motifs is 1. The first-order valence-corrected chi connectivity index (χ1v) is 11.0. The highest BCUT2D eigenvalue weighted by Crippen LogP contribution is 2.32. The molecule has 1 aliphatic carbocycles. The van der Waals surface area contributed by atoms with Crippen molar-refractivity contribution in [1.29, 1.82) is 0 Å². The topological polar surface area (TPSA) is 97.1 Å². The van der Waals surface area contributed by atoms with E-state index in [4.69, 9.17) is 14.7 Å². The average molecular weight is 475 g/mol. The van der Waals surface area contributed by atoms with Crippen LogP contribution in [0.4, 0.5) is 17.5 Å². The van der Waals surface area contributed by atoms with Crippen LogP contribution < -0.4 is 15.4 Å². The van der Waals surface area contributed by atoms with E-state index in [1.807, 2.05) is 22.8 Å². The first kappa shape index (κ1) is 20.9. The molecule has 1 aromatic carbocycles. The lowest BCUT2D eigenvalue weighted by Gasteiger charge is -2.26. The van der Waals surface area contributed by atoms with Crippen molar-refractivity contribution < 1.29 is 9.84 Å². The first-order valence-electron chi connectivity index (χ1n) is 10.2. The molecule has 3 aromatic rings. The van der Waals surface area contributed by atoms with E-state index in [-0.39, 0.29) is 18.2 Å². The largest absolute Gasteiger partial charge is 0.497 e. The van der Waals surface area contributed by atoms with Gasteiger partial charge in [0.25, 0.3) is 0 Å². The van der Waals surface area contributed by atoms with E-state index >= 15 is 0 Å². The number of rotatable bonds is 6. The summed E-state index contributed by atoms with van der Waals surface area (Å²) in [6.45, 7) is 4.20. The summed E-state index contributed by atoms with van der Waals surface area (Å²) in [6, 6.07) is 6.20. The molecule has 0 radical (unpaired) electrons. The second-order valence-electron chi connectivity index (χ2n) is 7.93. The maximum absolute atomic E-state index is 9.79. The van der Waals surface area contributed by atoms with Crippen LogP contribution >= 0.6 is 15.9 Å². The Bertz CT molecular complexity index is 1030. The number of ether oxygens (including phenoxy) is 1. The van der Waals surface area contributed by atoms with Gasteiger partial charge in [-0.25, -0.2) is 4.98 Å². The molecule has 9 heteroatoms. The summed E-state index contributed by atoms with van der Waals surface area (Å²) >= 11 is 3.59. The number of aromatic nitrogens is 4. The first-order chi connectivity index (χ1) is 14.4. The fourth-order valence-corrected chi connectivity index (χ4v) is 4.05. The fourth-order valence-electron chi connectivity index (χ4n) is 3.70. The van der Waals surface area contributed by atoms with Gasteiger partial charge in [0.1, 0.15) is 5.75 Å². The molecule has 0 bridgehead atoms. The van der Waals surface area contributed by atoms with E-state index in [0.717, 1.165) is 47.2 Å². The van der Waals surface area contributed by atoms with Gasteiger partial charge in [-0.15, -0.1) is 0 Å². The lowest BCUT2D eigenvalue weighted by molar-refractivity contribution is 0.126. The number of nitrogens with zero attached hydrogens (tertiary/aromatic N) is 4. The molecule has 0 spiro atoms. The summed E-state index contributed by atoms with van der Waals surface area (Å²) in [5.41, 5.74) is 2.32. The molecule has 0 unspecified atom stereocenters. The highest BCUT2D eigenvalue weighted by atomic mass is 79.9. The third kappa shape index (κ3) is 4.37. The minimum Gasteiger partial charge on any atom is -0.497 e. The molecule has 0 atom stereocenters. The number of nitrogens with one attached hydrogen (secondary N) is 2. The molecule has 3 N–H and O–H groups in total. The van der Waals surface area contributed by atoms with Gasteiger partial charge in [-0.05, 0) is 67.6 Å². The number of hydrogen-bond acceptors (Lipinski definition) is 7. The average Bonchev–Trinajstić information content (AvgIpc) is 3.16. The van der Waals surface area contributed by atoms with Gasteiger partial charge in [-0.3, -0.25) is 0 Å². The second kappa shape index (κ2) is 8.77. The molecule has 0 amide bonds. The van der Waals surface area contributed by atoms with Crippen molar-refractivity contribution in [3.8, 4) is 5.75 Å². The Morgan fingerprint density at radius 2 is 1.97 bits per heavy atom. The van der Waals surface area contributed by atoms with Crippen LogP contribution in [-0.2, 0) is 0 Å². The maximum atomic E-state index is 9.79. The van der Waals surface area contributed by atoms with Crippen LogP contribution in [-0.4, -0.2) is 43.9 Å². The Labute approximate surface area is 184 Å². The van der Waals surface area contributed by atoms with E-state index in [2.05, 4.69) is 45.4 Å². The minimum absolute atomic E-state index is 0.198. The maximum Gasteiger partial charge on any atom is 0.227 e. The van der Waals surface area contributed by atoms with Gasteiger partial charge in [-0.2, -0.15) is 9.97 Å². The van der Waals surface area contributed by atoms with Crippen LogP contribution in [0.15, 0.2) is 29.0 Å². The minimum atomic E-state index is -0.198. The molecule has 1 fully saturated rings. The van der Waals surface area contributed by atoms with Crippen molar-refractivity contribution in [2.45, 2.75) is 57.7 Å². The van der Waals surface area contributed by atoms with E-state index in [9.17, 15) is 5.11 Å². The summed E-state index contributed by atoms with van der Waals surface area (Å²) in [6.07, 6.45) is 5.00. The summed E-state index contributed by atoms with van der Waals surface area (Å²) in [5, 5.41) is 16.6. The van der Waals surface area contributed by atoms with Crippen LogP contribution in [0.5, 0.6) is 5.75 Å². The molecule has 0 saturated heterocycles. The van der Waals surface area contributed by atoms with Crippen molar-refractivity contribution in [2.24, 2.45) is 0 Å². The number of halogens is 1. The van der Waals surface area contributed by atoms with E-state index in [0.29, 0.717) is 17.3 Å². The highest BCUT2D eigenvalue weighted by molar-refractivity contribution is 9.10. The van der Waals surface area contributed by atoms with Crippen molar-refractivity contribution in [3.63, 3.8) is 0 Å². The zero-order valence-corrected chi connectivity index (χ0v) is 19.0. The van der Waals surface area contributed by atoms with Crippen LogP contribution in [0.1, 0.15) is 45.6 Å². The van der Waals surface area contributed by atoms with Crippen LogP contribution in [0.2, 0.25) is 0 Å². The number of imidazole rings is 1. The number of aliphatic hydroxyl groups is 1. The number of aliphatic hydroxyl groups excluding tert-OH is 1. The third-order valence-corrected chi connectivity index (χ3v) is 6.13. The van der Waals surface area contributed by atoms with E-state index in [1.54, 1.807) is 13.4 Å². The molecule has 8 nitrogen and oxygen atoms in total. The van der Waals surface area contributed by atoms with E-state index < -0.39 is 0 Å². The SMILES string of the molecule is COc1ccc(Br)c(Nc2nc(NC3CCC(O)CC3)nc3c2ncn3C(C)C)c1. The fraction of sp³-hybridized carbons (Fsp3) is 0.476. The molecule has 2 aromatic heterocycles. The zero-order valence-electron chi connectivity index (χ0n) is 17.4. The van der Waals surface area contributed by atoms with Crippen molar-refractivity contribution >= 4 is 44.5 Å². The number of hydrogen-bond donors (Lipinski definition) is 3.